The van der Waals surface area contributed by atoms with Crippen molar-refractivity contribution < 1.29 is 0 Å². The second-order valence-corrected chi connectivity index (χ2v) is 5.67. The number of hydrogen-bond acceptors (Lipinski definition) is 3. The standard InChI is InChI=1S/C12H19NS2/c1-2-14-10-8-13-9-11-15-12-6-4-3-5-7-12/h3-7,13H,2,8-11H2,1H3. The monoisotopic (exact) mass is 241 g/mol. The van der Waals surface area contributed by atoms with Crippen LogP contribution in [0.2, 0.25) is 0 Å². The first-order chi connectivity index (χ1) is 7.43. The number of benzene rings is 1. The van der Waals surface area contributed by atoms with Crippen LogP contribution < -0.4 is 5.32 Å². The Morgan fingerprint density at radius 2 is 1.80 bits per heavy atom. The zero-order chi connectivity index (χ0) is 10.8. The Hall–Kier alpha value is -0.120. The zero-order valence-corrected chi connectivity index (χ0v) is 10.9. The third kappa shape index (κ3) is 6.88. The Kier molecular flexibility index (Phi) is 7.88. The molecule has 1 aromatic carbocycles. The fraction of sp³-hybridized carbons (Fsp3) is 0.500. The van der Waals surface area contributed by atoms with E-state index in [4.69, 9.17) is 0 Å². The molecule has 0 fully saturated rings. The molecule has 0 aromatic heterocycles. The first kappa shape index (κ1) is 12.9. The summed E-state index contributed by atoms with van der Waals surface area (Å²) in [4.78, 5) is 1.36. The Bertz CT molecular complexity index is 239. The molecular formula is C12H19NS2. The summed E-state index contributed by atoms with van der Waals surface area (Å²) in [5.74, 6) is 3.60. The normalized spacial score (nSPS) is 10.5. The average molecular weight is 241 g/mol. The number of nitrogens with one attached hydrogen (secondary N) is 1. The maximum Gasteiger partial charge on any atom is 0.0106 e. The Balaban J connectivity index is 1.93. The van der Waals surface area contributed by atoms with Gasteiger partial charge in [0, 0.05) is 29.5 Å². The van der Waals surface area contributed by atoms with Gasteiger partial charge in [-0.15, -0.1) is 11.8 Å². The van der Waals surface area contributed by atoms with Crippen LogP contribution in [-0.2, 0) is 0 Å². The van der Waals surface area contributed by atoms with Gasteiger partial charge in [0.2, 0.25) is 0 Å². The molecule has 1 rings (SSSR count). The maximum atomic E-state index is 3.45. The summed E-state index contributed by atoms with van der Waals surface area (Å²) < 4.78 is 0. The van der Waals surface area contributed by atoms with Crippen molar-refractivity contribution in [3.05, 3.63) is 30.3 Å². The summed E-state index contributed by atoms with van der Waals surface area (Å²) in [5.41, 5.74) is 0. The molecule has 15 heavy (non-hydrogen) atoms. The summed E-state index contributed by atoms with van der Waals surface area (Å²) in [6.45, 7) is 4.44. The maximum absolute atomic E-state index is 3.45. The van der Waals surface area contributed by atoms with Crippen LogP contribution in [0.15, 0.2) is 35.2 Å². The molecule has 3 heteroatoms. The summed E-state index contributed by atoms with van der Waals surface area (Å²) in [6, 6.07) is 10.6. The van der Waals surface area contributed by atoms with E-state index in [0.29, 0.717) is 0 Å². The summed E-state index contributed by atoms with van der Waals surface area (Å²) in [6.07, 6.45) is 0. The van der Waals surface area contributed by atoms with E-state index in [1.807, 2.05) is 23.5 Å². The summed E-state index contributed by atoms with van der Waals surface area (Å²) in [7, 11) is 0. The average Bonchev–Trinajstić information content (AvgIpc) is 2.29. The van der Waals surface area contributed by atoms with Gasteiger partial charge < -0.3 is 5.32 Å². The van der Waals surface area contributed by atoms with Crippen molar-refractivity contribution in [2.75, 3.05) is 30.3 Å². The largest absolute Gasteiger partial charge is 0.315 e. The van der Waals surface area contributed by atoms with Crippen molar-refractivity contribution in [1.29, 1.82) is 0 Å². The van der Waals surface area contributed by atoms with Crippen LogP contribution in [0.5, 0.6) is 0 Å². The third-order valence-corrected chi connectivity index (χ3v) is 3.83. The van der Waals surface area contributed by atoms with Crippen molar-refractivity contribution in [3.8, 4) is 0 Å². The first-order valence-corrected chi connectivity index (χ1v) is 7.54. The van der Waals surface area contributed by atoms with Crippen LogP contribution in [0.25, 0.3) is 0 Å². The van der Waals surface area contributed by atoms with Crippen LogP contribution in [0.1, 0.15) is 6.92 Å². The van der Waals surface area contributed by atoms with Crippen LogP contribution in [-0.4, -0.2) is 30.3 Å². The molecule has 0 aliphatic heterocycles. The summed E-state index contributed by atoms with van der Waals surface area (Å²) in [5, 5.41) is 3.45. The van der Waals surface area contributed by atoms with Gasteiger partial charge in [-0.3, -0.25) is 0 Å². The van der Waals surface area contributed by atoms with Gasteiger partial charge in [0.15, 0.2) is 0 Å². The Morgan fingerprint density at radius 3 is 2.53 bits per heavy atom. The second-order valence-electron chi connectivity index (χ2n) is 3.11. The topological polar surface area (TPSA) is 12.0 Å². The van der Waals surface area contributed by atoms with Crippen molar-refractivity contribution in [1.82, 2.24) is 5.32 Å². The molecule has 0 aliphatic carbocycles. The molecule has 0 bridgehead atoms. The molecule has 1 N–H and O–H groups in total. The lowest BCUT2D eigenvalue weighted by molar-refractivity contribution is 0.774. The van der Waals surface area contributed by atoms with Crippen molar-refractivity contribution in [2.45, 2.75) is 11.8 Å². The van der Waals surface area contributed by atoms with Gasteiger partial charge in [0.05, 0.1) is 0 Å². The fourth-order valence-corrected chi connectivity index (χ4v) is 2.58. The Morgan fingerprint density at radius 1 is 1.07 bits per heavy atom. The highest BCUT2D eigenvalue weighted by Crippen LogP contribution is 2.15. The molecule has 1 nitrogen and oxygen atoms in total. The highest BCUT2D eigenvalue weighted by molar-refractivity contribution is 7.99. The van der Waals surface area contributed by atoms with E-state index in [2.05, 4.69) is 42.6 Å². The van der Waals surface area contributed by atoms with E-state index in [1.54, 1.807) is 0 Å². The lowest BCUT2D eigenvalue weighted by Gasteiger charge is -2.03. The van der Waals surface area contributed by atoms with E-state index in [1.165, 1.54) is 16.4 Å². The molecule has 1 aromatic rings. The minimum Gasteiger partial charge on any atom is -0.315 e. The second kappa shape index (κ2) is 9.13. The van der Waals surface area contributed by atoms with Gasteiger partial charge in [-0.2, -0.15) is 11.8 Å². The van der Waals surface area contributed by atoms with E-state index in [-0.39, 0.29) is 0 Å². The highest BCUT2D eigenvalue weighted by Gasteiger charge is 1.92. The van der Waals surface area contributed by atoms with Crippen LogP contribution >= 0.6 is 23.5 Å². The molecule has 0 heterocycles. The molecule has 0 saturated carbocycles. The molecular weight excluding hydrogens is 222 g/mol. The van der Waals surface area contributed by atoms with Crippen molar-refractivity contribution in [3.63, 3.8) is 0 Å². The quantitative estimate of drug-likeness (QED) is 0.555. The molecule has 0 spiro atoms. The van der Waals surface area contributed by atoms with E-state index >= 15 is 0 Å². The van der Waals surface area contributed by atoms with Gasteiger partial charge in [-0.1, -0.05) is 25.1 Å². The Labute approximate surface area is 101 Å². The van der Waals surface area contributed by atoms with Gasteiger partial charge in [0.25, 0.3) is 0 Å². The third-order valence-electron chi connectivity index (χ3n) is 1.92. The molecule has 0 amide bonds. The molecule has 0 unspecified atom stereocenters. The molecule has 0 saturated heterocycles. The van der Waals surface area contributed by atoms with E-state index < -0.39 is 0 Å². The van der Waals surface area contributed by atoms with Crippen molar-refractivity contribution >= 4 is 23.5 Å². The molecule has 0 aliphatic rings. The van der Waals surface area contributed by atoms with Gasteiger partial charge in [-0.05, 0) is 17.9 Å². The van der Waals surface area contributed by atoms with Gasteiger partial charge in [0.1, 0.15) is 0 Å². The van der Waals surface area contributed by atoms with Gasteiger partial charge in [-0.25, -0.2) is 0 Å². The predicted octanol–water partition coefficient (Wildman–Crippen LogP) is 3.12. The fourth-order valence-electron chi connectivity index (χ4n) is 1.17. The molecule has 84 valence electrons. The van der Waals surface area contributed by atoms with Crippen LogP contribution in [0.3, 0.4) is 0 Å². The van der Waals surface area contributed by atoms with Crippen molar-refractivity contribution in [2.24, 2.45) is 0 Å². The van der Waals surface area contributed by atoms with E-state index in [9.17, 15) is 0 Å². The van der Waals surface area contributed by atoms with Gasteiger partial charge >= 0.3 is 0 Å². The van der Waals surface area contributed by atoms with Crippen LogP contribution in [0, 0.1) is 0 Å². The van der Waals surface area contributed by atoms with E-state index in [0.717, 1.165) is 18.8 Å². The SMILES string of the molecule is CCSCCNCCSc1ccccc1. The van der Waals surface area contributed by atoms with Crippen LogP contribution in [0.4, 0.5) is 0 Å². The molecule has 0 atom stereocenters. The highest BCUT2D eigenvalue weighted by atomic mass is 32.2. The zero-order valence-electron chi connectivity index (χ0n) is 9.24. The smallest absolute Gasteiger partial charge is 0.0106 e. The minimum atomic E-state index is 1.10. The minimum absolute atomic E-state index is 1.10. The number of thioether (sulfide) groups is 2. The number of hydrogen-bond donors (Lipinski definition) is 1. The lowest BCUT2D eigenvalue weighted by Crippen LogP contribution is -2.20. The first-order valence-electron chi connectivity index (χ1n) is 5.40. The summed E-state index contributed by atoms with van der Waals surface area (Å²) >= 11 is 3.91. The number of rotatable bonds is 8. The lowest BCUT2D eigenvalue weighted by atomic mass is 10.4. The molecule has 0 radical (unpaired) electrons. The predicted molar refractivity (Wildman–Crippen MR) is 73.0 cm³/mol.